The van der Waals surface area contributed by atoms with Crippen molar-refractivity contribution in [3.8, 4) is 5.75 Å². The number of ether oxygens (including phenoxy) is 1. The first kappa shape index (κ1) is 18.9. The number of aromatic nitrogens is 1. The second kappa shape index (κ2) is 7.52. The number of ketones is 1. The lowest BCUT2D eigenvalue weighted by atomic mass is 9.95. The minimum atomic E-state index is -0.760. The third-order valence-corrected chi connectivity index (χ3v) is 5.60. The van der Waals surface area contributed by atoms with Gasteiger partial charge < -0.3 is 9.84 Å². The van der Waals surface area contributed by atoms with Crippen molar-refractivity contribution in [2.24, 2.45) is 0 Å². The van der Waals surface area contributed by atoms with Crippen LogP contribution in [-0.4, -0.2) is 28.9 Å². The molecular weight excluding hydrogens is 388 g/mol. The number of nitrogens with zero attached hydrogens (tertiary/aromatic N) is 2. The lowest BCUT2D eigenvalue weighted by molar-refractivity contribution is -0.132. The van der Waals surface area contributed by atoms with Crippen molar-refractivity contribution >= 4 is 33.9 Å². The number of amides is 1. The number of aliphatic hydroxyl groups is 1. The SMILES string of the molecule is COc1ccc(C(O)=C2C(=O)C(=O)N(c3nccs3)C2c2ccc(C)cc2)cc1. The number of Topliss-reactive ketones (excluding diaryl/α,β-unsaturated/α-hetero) is 1. The van der Waals surface area contributed by atoms with Gasteiger partial charge in [0.25, 0.3) is 5.78 Å². The molecule has 0 bridgehead atoms. The van der Waals surface area contributed by atoms with Crippen LogP contribution in [0.15, 0.2) is 65.7 Å². The zero-order valence-corrected chi connectivity index (χ0v) is 16.6. The second-order valence-electron chi connectivity index (χ2n) is 6.62. The summed E-state index contributed by atoms with van der Waals surface area (Å²) in [5.74, 6) is -1.05. The zero-order valence-electron chi connectivity index (χ0n) is 15.8. The van der Waals surface area contributed by atoms with Crippen LogP contribution in [0.2, 0.25) is 0 Å². The minimum Gasteiger partial charge on any atom is -0.507 e. The van der Waals surface area contributed by atoms with Crippen LogP contribution in [0.25, 0.3) is 5.76 Å². The van der Waals surface area contributed by atoms with Crippen LogP contribution >= 0.6 is 11.3 Å². The number of methoxy groups -OCH3 is 1. The highest BCUT2D eigenvalue weighted by atomic mass is 32.1. The molecule has 29 heavy (non-hydrogen) atoms. The van der Waals surface area contributed by atoms with Crippen molar-refractivity contribution in [1.29, 1.82) is 0 Å². The van der Waals surface area contributed by atoms with E-state index in [4.69, 9.17) is 4.74 Å². The van der Waals surface area contributed by atoms with E-state index in [0.717, 1.165) is 11.1 Å². The Morgan fingerprint density at radius 3 is 2.38 bits per heavy atom. The predicted octanol–water partition coefficient (Wildman–Crippen LogP) is 4.09. The van der Waals surface area contributed by atoms with Gasteiger partial charge in [0.2, 0.25) is 0 Å². The fourth-order valence-electron chi connectivity index (χ4n) is 3.33. The summed E-state index contributed by atoms with van der Waals surface area (Å²) >= 11 is 1.26. The Morgan fingerprint density at radius 1 is 1.10 bits per heavy atom. The lowest BCUT2D eigenvalue weighted by Gasteiger charge is -2.23. The molecule has 0 radical (unpaired) electrons. The molecular formula is C22H18N2O4S. The predicted molar refractivity (Wildman–Crippen MR) is 111 cm³/mol. The second-order valence-corrected chi connectivity index (χ2v) is 7.50. The first-order chi connectivity index (χ1) is 14.0. The van der Waals surface area contributed by atoms with Gasteiger partial charge in [-0.3, -0.25) is 14.5 Å². The Balaban J connectivity index is 1.90. The summed E-state index contributed by atoms with van der Waals surface area (Å²) in [6, 6.07) is 13.4. The van der Waals surface area contributed by atoms with Crippen LogP contribution in [0.5, 0.6) is 5.75 Å². The molecule has 0 saturated carbocycles. The van der Waals surface area contributed by atoms with Crippen molar-refractivity contribution in [2.75, 3.05) is 12.0 Å². The average Bonchev–Trinajstić information content (AvgIpc) is 3.35. The van der Waals surface area contributed by atoms with Gasteiger partial charge in [-0.25, -0.2) is 4.98 Å². The molecule has 0 aliphatic carbocycles. The van der Waals surface area contributed by atoms with Crippen LogP contribution in [-0.2, 0) is 9.59 Å². The van der Waals surface area contributed by atoms with Crippen LogP contribution < -0.4 is 9.64 Å². The molecule has 1 fully saturated rings. The number of hydrogen-bond donors (Lipinski definition) is 1. The first-order valence-electron chi connectivity index (χ1n) is 8.92. The van der Waals surface area contributed by atoms with E-state index in [0.29, 0.717) is 16.4 Å². The van der Waals surface area contributed by atoms with E-state index in [1.54, 1.807) is 43.0 Å². The van der Waals surface area contributed by atoms with Gasteiger partial charge in [0.05, 0.1) is 18.7 Å². The van der Waals surface area contributed by atoms with Crippen LogP contribution in [0.1, 0.15) is 22.7 Å². The maximum Gasteiger partial charge on any atom is 0.301 e. The Kier molecular flexibility index (Phi) is 4.90. The zero-order chi connectivity index (χ0) is 20.5. The van der Waals surface area contributed by atoms with Gasteiger partial charge in [0.15, 0.2) is 5.13 Å². The number of thiazole rings is 1. The van der Waals surface area contributed by atoms with E-state index >= 15 is 0 Å². The molecule has 1 unspecified atom stereocenters. The molecule has 0 spiro atoms. The molecule has 1 amide bonds. The van der Waals surface area contributed by atoms with Gasteiger partial charge in [0.1, 0.15) is 11.5 Å². The molecule has 4 rings (SSSR count). The third-order valence-electron chi connectivity index (χ3n) is 4.83. The summed E-state index contributed by atoms with van der Waals surface area (Å²) in [5, 5.41) is 13.1. The highest BCUT2D eigenvalue weighted by molar-refractivity contribution is 7.14. The van der Waals surface area contributed by atoms with Crippen molar-refractivity contribution in [2.45, 2.75) is 13.0 Å². The maximum atomic E-state index is 12.9. The number of rotatable bonds is 4. The van der Waals surface area contributed by atoms with Gasteiger partial charge in [-0.2, -0.15) is 0 Å². The van der Waals surface area contributed by atoms with Gasteiger partial charge in [-0.1, -0.05) is 29.8 Å². The van der Waals surface area contributed by atoms with Crippen molar-refractivity contribution in [1.82, 2.24) is 4.98 Å². The summed E-state index contributed by atoms with van der Waals surface area (Å²) in [6.07, 6.45) is 1.58. The number of anilines is 1. The van der Waals surface area contributed by atoms with Gasteiger partial charge in [-0.15, -0.1) is 11.3 Å². The molecule has 1 atom stereocenters. The van der Waals surface area contributed by atoms with E-state index in [-0.39, 0.29) is 11.3 Å². The number of carbonyl (C=O) groups is 2. The van der Waals surface area contributed by atoms with Crippen molar-refractivity contribution < 1.29 is 19.4 Å². The fraction of sp³-hybridized carbons (Fsp3) is 0.136. The quantitative estimate of drug-likeness (QED) is 0.401. The fourth-order valence-corrected chi connectivity index (χ4v) is 4.00. The minimum absolute atomic E-state index is 0.0409. The largest absolute Gasteiger partial charge is 0.507 e. The molecule has 2 heterocycles. The molecule has 7 heteroatoms. The van der Waals surface area contributed by atoms with E-state index in [1.807, 2.05) is 31.2 Å². The highest BCUT2D eigenvalue weighted by Crippen LogP contribution is 2.42. The van der Waals surface area contributed by atoms with E-state index in [9.17, 15) is 14.7 Å². The van der Waals surface area contributed by atoms with Gasteiger partial charge in [0, 0.05) is 17.1 Å². The summed E-state index contributed by atoms with van der Waals surface area (Å²) in [4.78, 5) is 31.4. The molecule has 1 aliphatic heterocycles. The van der Waals surface area contributed by atoms with Gasteiger partial charge in [-0.05, 0) is 36.8 Å². The van der Waals surface area contributed by atoms with E-state index in [2.05, 4.69) is 4.98 Å². The number of aryl methyl sites for hydroxylation is 1. The Morgan fingerprint density at radius 2 is 1.79 bits per heavy atom. The van der Waals surface area contributed by atoms with Crippen molar-refractivity contribution in [3.63, 3.8) is 0 Å². The normalized spacial score (nSPS) is 18.3. The molecule has 2 aromatic carbocycles. The first-order valence-corrected chi connectivity index (χ1v) is 9.80. The van der Waals surface area contributed by atoms with Crippen LogP contribution in [0, 0.1) is 6.92 Å². The van der Waals surface area contributed by atoms with Crippen molar-refractivity contribution in [3.05, 3.63) is 82.4 Å². The summed E-state index contributed by atoms with van der Waals surface area (Å²) in [5.41, 5.74) is 2.24. The monoisotopic (exact) mass is 406 g/mol. The molecule has 1 N–H and O–H groups in total. The smallest absolute Gasteiger partial charge is 0.301 e. The van der Waals surface area contributed by atoms with Crippen LogP contribution in [0.3, 0.4) is 0 Å². The number of hydrogen-bond acceptors (Lipinski definition) is 6. The molecule has 1 aromatic heterocycles. The molecule has 1 aliphatic rings. The van der Waals surface area contributed by atoms with E-state index < -0.39 is 17.7 Å². The standard InChI is InChI=1S/C22H18N2O4S/c1-13-3-5-14(6-4-13)18-17(19(25)15-7-9-16(28-2)10-8-15)20(26)21(27)24(18)22-23-11-12-29-22/h3-12,18,25H,1-2H3. The Bertz CT molecular complexity index is 1090. The van der Waals surface area contributed by atoms with Crippen LogP contribution in [0.4, 0.5) is 5.13 Å². The van der Waals surface area contributed by atoms with E-state index in [1.165, 1.54) is 16.2 Å². The topological polar surface area (TPSA) is 79.7 Å². The molecule has 146 valence electrons. The number of benzene rings is 2. The molecule has 6 nitrogen and oxygen atoms in total. The number of aliphatic hydroxyl groups excluding tert-OH is 1. The lowest BCUT2D eigenvalue weighted by Crippen LogP contribution is -2.29. The summed E-state index contributed by atoms with van der Waals surface area (Å²) < 4.78 is 5.15. The summed E-state index contributed by atoms with van der Waals surface area (Å²) in [6.45, 7) is 1.96. The Hall–Kier alpha value is -3.45. The third kappa shape index (κ3) is 3.30. The molecule has 1 saturated heterocycles. The Labute approximate surface area is 171 Å². The highest BCUT2D eigenvalue weighted by Gasteiger charge is 2.47. The summed E-state index contributed by atoms with van der Waals surface area (Å²) in [7, 11) is 1.55. The number of carbonyl (C=O) groups excluding carboxylic acids is 2. The maximum absolute atomic E-state index is 12.9. The average molecular weight is 406 g/mol. The molecule has 3 aromatic rings. The van der Waals surface area contributed by atoms with Gasteiger partial charge >= 0.3 is 5.91 Å².